The fourth-order valence-corrected chi connectivity index (χ4v) is 4.03. The maximum atomic E-state index is 12.3. The number of hydrogen-bond donors (Lipinski definition) is 2. The molecule has 0 aromatic heterocycles. The number of piperidine rings is 1. The van der Waals surface area contributed by atoms with Crippen LogP contribution in [0.4, 0.5) is 0 Å². The molecule has 0 spiro atoms. The predicted octanol–water partition coefficient (Wildman–Crippen LogP) is 0.656. The van der Waals surface area contributed by atoms with E-state index in [2.05, 4.69) is 0 Å². The minimum Gasteiger partial charge on any atom is -0.337 e. The molecule has 0 aliphatic carbocycles. The first-order valence-corrected chi connectivity index (χ1v) is 7.15. The second-order valence-corrected chi connectivity index (χ2v) is 6.47. The molecule has 1 saturated heterocycles. The van der Waals surface area contributed by atoms with Gasteiger partial charge in [0.15, 0.2) is 5.78 Å². The first-order chi connectivity index (χ1) is 7.21. The smallest absolute Gasteiger partial charge is 0.285 e. The molecule has 1 heterocycles. The first-order valence-electron chi connectivity index (χ1n) is 5.42. The van der Waals surface area contributed by atoms with Crippen LogP contribution in [-0.4, -0.2) is 17.2 Å². The van der Waals surface area contributed by atoms with Crippen LogP contribution in [0.25, 0.3) is 0 Å². The van der Waals surface area contributed by atoms with Gasteiger partial charge in [-0.3, -0.25) is 4.57 Å². The van der Waals surface area contributed by atoms with Crippen LogP contribution in [0.1, 0.15) is 19.3 Å². The van der Waals surface area contributed by atoms with Crippen molar-refractivity contribution < 1.29 is 14.8 Å². The van der Waals surface area contributed by atoms with Crippen molar-refractivity contribution in [3.05, 3.63) is 30.3 Å². The van der Waals surface area contributed by atoms with Crippen molar-refractivity contribution >= 4 is 12.7 Å². The maximum absolute atomic E-state index is 12.3. The number of hydrogen-bond acceptors (Lipinski definition) is 1. The Labute approximate surface area is 90.0 Å². The lowest BCUT2D eigenvalue weighted by Crippen LogP contribution is -2.91. The van der Waals surface area contributed by atoms with Crippen molar-refractivity contribution in [2.45, 2.75) is 25.0 Å². The summed E-state index contributed by atoms with van der Waals surface area (Å²) in [6.45, 7) is 0.974. The molecule has 2 rings (SSSR count). The molecule has 1 fully saturated rings. The number of quaternary nitrogens is 1. The van der Waals surface area contributed by atoms with Gasteiger partial charge >= 0.3 is 0 Å². The normalized spacial score (nSPS) is 25.8. The molecular formula is C11H17NO2P+. The van der Waals surface area contributed by atoms with Crippen LogP contribution in [0.3, 0.4) is 0 Å². The molecular weight excluding hydrogens is 209 g/mol. The Morgan fingerprint density at radius 1 is 1.27 bits per heavy atom. The molecule has 0 radical (unpaired) electrons. The van der Waals surface area contributed by atoms with E-state index < -0.39 is 7.37 Å². The summed E-state index contributed by atoms with van der Waals surface area (Å²) in [6, 6.07) is 9.02. The van der Waals surface area contributed by atoms with Gasteiger partial charge < -0.3 is 10.2 Å². The van der Waals surface area contributed by atoms with Gasteiger partial charge in [0.2, 0.25) is 0 Å². The van der Waals surface area contributed by atoms with Crippen LogP contribution >= 0.6 is 7.37 Å². The Kier molecular flexibility index (Phi) is 3.25. The summed E-state index contributed by atoms with van der Waals surface area (Å²) >= 11 is 0. The third-order valence-electron chi connectivity index (χ3n) is 2.97. The van der Waals surface area contributed by atoms with Crippen LogP contribution < -0.4 is 10.6 Å². The van der Waals surface area contributed by atoms with Gasteiger partial charge in [-0.05, 0) is 25.0 Å². The lowest BCUT2D eigenvalue weighted by atomic mass is 10.2. The number of nitrogens with two attached hydrogens (primary N) is 1. The van der Waals surface area contributed by atoms with Crippen molar-refractivity contribution in [2.24, 2.45) is 0 Å². The van der Waals surface area contributed by atoms with Gasteiger partial charge in [0.25, 0.3) is 7.37 Å². The fourth-order valence-electron chi connectivity index (χ4n) is 2.08. The molecule has 1 aliphatic heterocycles. The minimum atomic E-state index is -3.18. The van der Waals surface area contributed by atoms with E-state index in [1.54, 1.807) is 12.1 Å². The zero-order chi connectivity index (χ0) is 10.7. The summed E-state index contributed by atoms with van der Waals surface area (Å²) in [5.74, 6) is -0.131. The Morgan fingerprint density at radius 2 is 2.00 bits per heavy atom. The number of rotatable bonds is 2. The van der Waals surface area contributed by atoms with E-state index >= 15 is 0 Å². The Balaban J connectivity index is 2.22. The highest BCUT2D eigenvalue weighted by Gasteiger charge is 2.36. The van der Waals surface area contributed by atoms with E-state index in [1.807, 2.05) is 23.5 Å². The lowest BCUT2D eigenvalue weighted by molar-refractivity contribution is -0.678. The third kappa shape index (κ3) is 2.31. The maximum Gasteiger partial charge on any atom is 0.285 e. The second-order valence-electron chi connectivity index (χ2n) is 4.05. The first kappa shape index (κ1) is 10.9. The molecule has 2 unspecified atom stereocenters. The van der Waals surface area contributed by atoms with E-state index in [9.17, 15) is 9.46 Å². The van der Waals surface area contributed by atoms with E-state index in [-0.39, 0.29) is 5.78 Å². The van der Waals surface area contributed by atoms with Crippen LogP contribution in [0, 0.1) is 0 Å². The van der Waals surface area contributed by atoms with Crippen LogP contribution in [0.5, 0.6) is 0 Å². The topological polar surface area (TPSA) is 53.9 Å². The summed E-state index contributed by atoms with van der Waals surface area (Å²) < 4.78 is 12.3. The Bertz CT molecular complexity index is 360. The van der Waals surface area contributed by atoms with Crippen molar-refractivity contribution in [3.8, 4) is 0 Å². The van der Waals surface area contributed by atoms with Gasteiger partial charge in [-0.1, -0.05) is 18.2 Å². The molecule has 2 atom stereocenters. The quantitative estimate of drug-likeness (QED) is 0.728. The van der Waals surface area contributed by atoms with Gasteiger partial charge in [-0.2, -0.15) is 0 Å². The van der Waals surface area contributed by atoms with Crippen molar-refractivity contribution in [2.75, 3.05) is 6.54 Å². The Hall–Kier alpha value is -0.630. The molecule has 3 nitrogen and oxygen atoms in total. The summed E-state index contributed by atoms with van der Waals surface area (Å²) in [7, 11) is -3.18. The summed E-state index contributed by atoms with van der Waals surface area (Å²) in [5.41, 5.74) is 0. The molecule has 1 aliphatic rings. The highest BCUT2D eigenvalue weighted by Crippen LogP contribution is 2.44. The fraction of sp³-hybridized carbons (Fsp3) is 0.455. The van der Waals surface area contributed by atoms with E-state index in [0.717, 1.165) is 25.8 Å². The molecule has 4 heteroatoms. The molecule has 1 aromatic carbocycles. The third-order valence-corrected chi connectivity index (χ3v) is 5.37. The largest absolute Gasteiger partial charge is 0.337 e. The monoisotopic (exact) mass is 226 g/mol. The van der Waals surface area contributed by atoms with Gasteiger partial charge in [-0.25, -0.2) is 0 Å². The van der Waals surface area contributed by atoms with Gasteiger partial charge in [0.1, 0.15) is 0 Å². The minimum absolute atomic E-state index is 0.131. The molecule has 3 N–H and O–H groups in total. The van der Waals surface area contributed by atoms with Crippen LogP contribution in [-0.2, 0) is 4.57 Å². The summed E-state index contributed by atoms with van der Waals surface area (Å²) in [5, 5.41) is 2.62. The second kappa shape index (κ2) is 4.48. The van der Waals surface area contributed by atoms with Gasteiger partial charge in [0, 0.05) is 11.7 Å². The summed E-state index contributed by atoms with van der Waals surface area (Å²) in [4.78, 5) is 10.1. The van der Waals surface area contributed by atoms with Crippen LogP contribution in [0.15, 0.2) is 30.3 Å². The SMILES string of the molecule is O=P(O)(c1ccccc1)C1CCCC[NH2+]1. The lowest BCUT2D eigenvalue weighted by Gasteiger charge is -2.24. The highest BCUT2D eigenvalue weighted by molar-refractivity contribution is 7.66. The van der Waals surface area contributed by atoms with Crippen molar-refractivity contribution in [3.63, 3.8) is 0 Å². The number of benzene rings is 1. The zero-order valence-corrected chi connectivity index (χ0v) is 9.57. The average molecular weight is 226 g/mol. The van der Waals surface area contributed by atoms with Crippen molar-refractivity contribution in [1.82, 2.24) is 0 Å². The van der Waals surface area contributed by atoms with E-state index in [1.165, 1.54) is 0 Å². The van der Waals surface area contributed by atoms with Crippen LogP contribution in [0.2, 0.25) is 0 Å². The zero-order valence-electron chi connectivity index (χ0n) is 8.67. The van der Waals surface area contributed by atoms with Gasteiger partial charge in [0.05, 0.1) is 6.54 Å². The molecule has 0 saturated carbocycles. The standard InChI is InChI=1S/C11H16NO2P/c13-15(14,10-6-2-1-3-7-10)11-8-4-5-9-12-11/h1-3,6-7,11-12H,4-5,8-9H2,(H,13,14)/p+1. The van der Waals surface area contributed by atoms with E-state index in [0.29, 0.717) is 5.30 Å². The molecule has 0 amide bonds. The Morgan fingerprint density at radius 3 is 2.60 bits per heavy atom. The molecule has 0 bridgehead atoms. The van der Waals surface area contributed by atoms with E-state index in [4.69, 9.17) is 0 Å². The average Bonchev–Trinajstić information content (AvgIpc) is 2.31. The molecule has 15 heavy (non-hydrogen) atoms. The summed E-state index contributed by atoms with van der Waals surface area (Å²) in [6.07, 6.45) is 3.08. The van der Waals surface area contributed by atoms with Gasteiger partial charge in [-0.15, -0.1) is 0 Å². The molecule has 1 aromatic rings. The molecule has 82 valence electrons. The predicted molar refractivity (Wildman–Crippen MR) is 60.3 cm³/mol. The highest BCUT2D eigenvalue weighted by atomic mass is 31.2. The van der Waals surface area contributed by atoms with Crippen molar-refractivity contribution in [1.29, 1.82) is 0 Å².